The number of aliphatic hydroxyl groups excluding tert-OH is 2. The average molecular weight is 224 g/mol. The third-order valence-electron chi connectivity index (χ3n) is 3.17. The highest BCUT2D eigenvalue weighted by molar-refractivity contribution is 5.91. The SMILES string of the molecule is CC1=C(/C(O)=C/C(=O)CO)C(C)(C)CCC1. The van der Waals surface area contributed by atoms with E-state index in [1.54, 1.807) is 0 Å². The number of carbonyl (C=O) groups excluding carboxylic acids is 1. The van der Waals surface area contributed by atoms with Gasteiger partial charge in [-0.1, -0.05) is 19.4 Å². The monoisotopic (exact) mass is 224 g/mol. The molecule has 0 unspecified atom stereocenters. The van der Waals surface area contributed by atoms with Gasteiger partial charge in [0.05, 0.1) is 0 Å². The molecule has 2 N–H and O–H groups in total. The van der Waals surface area contributed by atoms with Gasteiger partial charge in [-0.05, 0) is 37.2 Å². The van der Waals surface area contributed by atoms with Crippen LogP contribution in [-0.4, -0.2) is 22.6 Å². The maximum atomic E-state index is 11.1. The molecule has 0 aliphatic heterocycles. The van der Waals surface area contributed by atoms with Crippen molar-refractivity contribution in [2.24, 2.45) is 5.41 Å². The fourth-order valence-corrected chi connectivity index (χ4v) is 2.46. The van der Waals surface area contributed by atoms with E-state index in [0.717, 1.165) is 36.5 Å². The van der Waals surface area contributed by atoms with Crippen molar-refractivity contribution in [1.29, 1.82) is 0 Å². The normalized spacial score (nSPS) is 21.1. The van der Waals surface area contributed by atoms with Gasteiger partial charge in [0.2, 0.25) is 0 Å². The Kier molecular flexibility index (Phi) is 3.92. The lowest BCUT2D eigenvalue weighted by Gasteiger charge is -2.33. The smallest absolute Gasteiger partial charge is 0.184 e. The van der Waals surface area contributed by atoms with Crippen LogP contribution in [0.3, 0.4) is 0 Å². The van der Waals surface area contributed by atoms with E-state index in [4.69, 9.17) is 5.11 Å². The van der Waals surface area contributed by atoms with E-state index in [1.807, 2.05) is 6.92 Å². The van der Waals surface area contributed by atoms with Crippen molar-refractivity contribution in [1.82, 2.24) is 0 Å². The second-order valence-electron chi connectivity index (χ2n) is 5.05. The van der Waals surface area contributed by atoms with E-state index in [1.165, 1.54) is 0 Å². The Morgan fingerprint density at radius 2 is 2.12 bits per heavy atom. The van der Waals surface area contributed by atoms with E-state index in [-0.39, 0.29) is 11.2 Å². The lowest BCUT2D eigenvalue weighted by atomic mass is 9.72. The van der Waals surface area contributed by atoms with Gasteiger partial charge >= 0.3 is 0 Å². The van der Waals surface area contributed by atoms with Crippen LogP contribution in [0.4, 0.5) is 0 Å². The second-order valence-corrected chi connectivity index (χ2v) is 5.05. The van der Waals surface area contributed by atoms with Crippen molar-refractivity contribution < 1.29 is 15.0 Å². The first-order valence-corrected chi connectivity index (χ1v) is 5.63. The summed E-state index contributed by atoms with van der Waals surface area (Å²) in [5, 5.41) is 18.6. The molecule has 0 heterocycles. The third kappa shape index (κ3) is 2.73. The molecule has 0 saturated heterocycles. The van der Waals surface area contributed by atoms with Gasteiger partial charge in [0.1, 0.15) is 12.4 Å². The van der Waals surface area contributed by atoms with Crippen LogP contribution in [0.25, 0.3) is 0 Å². The molecule has 1 rings (SSSR count). The summed E-state index contributed by atoms with van der Waals surface area (Å²) in [5.41, 5.74) is 1.90. The molecule has 0 atom stereocenters. The molecule has 0 fully saturated rings. The number of hydrogen-bond donors (Lipinski definition) is 2. The Bertz CT molecular complexity index is 348. The molecule has 1 aliphatic rings. The third-order valence-corrected chi connectivity index (χ3v) is 3.17. The first-order chi connectivity index (χ1) is 7.38. The summed E-state index contributed by atoms with van der Waals surface area (Å²) in [7, 11) is 0. The van der Waals surface area contributed by atoms with E-state index < -0.39 is 12.4 Å². The van der Waals surface area contributed by atoms with Gasteiger partial charge < -0.3 is 10.2 Å². The zero-order valence-corrected chi connectivity index (χ0v) is 10.2. The molecule has 3 heteroatoms. The quantitative estimate of drug-likeness (QED) is 0.572. The van der Waals surface area contributed by atoms with Gasteiger partial charge in [-0.3, -0.25) is 4.79 Å². The van der Waals surface area contributed by atoms with Crippen LogP contribution in [0.5, 0.6) is 0 Å². The summed E-state index contributed by atoms with van der Waals surface area (Å²) in [6, 6.07) is 0. The van der Waals surface area contributed by atoms with Gasteiger partial charge in [-0.2, -0.15) is 0 Å². The summed E-state index contributed by atoms with van der Waals surface area (Å²) >= 11 is 0. The van der Waals surface area contributed by atoms with E-state index in [0.29, 0.717) is 0 Å². The van der Waals surface area contributed by atoms with Gasteiger partial charge in [-0.15, -0.1) is 0 Å². The van der Waals surface area contributed by atoms with Crippen LogP contribution in [0.2, 0.25) is 0 Å². The highest BCUT2D eigenvalue weighted by Crippen LogP contribution is 2.42. The molecule has 0 amide bonds. The summed E-state index contributed by atoms with van der Waals surface area (Å²) in [5.74, 6) is -0.444. The number of carbonyl (C=O) groups is 1. The molecule has 0 aromatic rings. The van der Waals surface area contributed by atoms with Crippen LogP contribution < -0.4 is 0 Å². The molecule has 0 aromatic carbocycles. The molecule has 16 heavy (non-hydrogen) atoms. The largest absolute Gasteiger partial charge is 0.508 e. The maximum Gasteiger partial charge on any atom is 0.184 e. The summed E-state index contributed by atoms with van der Waals surface area (Å²) in [4.78, 5) is 11.1. The van der Waals surface area contributed by atoms with Crippen LogP contribution >= 0.6 is 0 Å². The maximum absolute atomic E-state index is 11.1. The average Bonchev–Trinajstić information content (AvgIpc) is 2.15. The molecule has 0 bridgehead atoms. The van der Waals surface area contributed by atoms with Crippen molar-refractivity contribution >= 4 is 5.78 Å². The molecular weight excluding hydrogens is 204 g/mol. The standard InChI is InChI=1S/C13H20O3/c1-9-5-4-6-13(2,3)12(9)11(16)7-10(15)8-14/h7,14,16H,4-6,8H2,1-3H3/b11-7-. The number of ketones is 1. The fourth-order valence-electron chi connectivity index (χ4n) is 2.46. The number of rotatable bonds is 3. The minimum atomic E-state index is -0.559. The molecule has 0 aromatic heterocycles. The van der Waals surface area contributed by atoms with Gasteiger partial charge in [-0.25, -0.2) is 0 Å². The predicted octanol–water partition coefficient (Wildman–Crippen LogP) is 2.52. The minimum Gasteiger partial charge on any atom is -0.508 e. The Morgan fingerprint density at radius 1 is 1.50 bits per heavy atom. The summed E-state index contributed by atoms with van der Waals surface area (Å²) < 4.78 is 0. The van der Waals surface area contributed by atoms with E-state index >= 15 is 0 Å². The highest BCUT2D eigenvalue weighted by atomic mass is 16.3. The number of allylic oxidation sites excluding steroid dienone is 2. The van der Waals surface area contributed by atoms with Crippen LogP contribution in [0.15, 0.2) is 23.0 Å². The minimum absolute atomic E-state index is 0.0150. The molecule has 1 aliphatic carbocycles. The van der Waals surface area contributed by atoms with Crippen LogP contribution in [0.1, 0.15) is 40.0 Å². The summed E-state index contributed by atoms with van der Waals surface area (Å²) in [6.45, 7) is 5.57. The Labute approximate surface area is 96.5 Å². The van der Waals surface area contributed by atoms with Crippen LogP contribution in [-0.2, 0) is 4.79 Å². The molecule has 0 radical (unpaired) electrons. The Hall–Kier alpha value is -1.09. The number of aliphatic hydroxyl groups is 2. The van der Waals surface area contributed by atoms with Crippen LogP contribution in [0, 0.1) is 5.41 Å². The zero-order chi connectivity index (χ0) is 12.3. The van der Waals surface area contributed by atoms with Crippen molar-refractivity contribution in [3.05, 3.63) is 23.0 Å². The topological polar surface area (TPSA) is 57.5 Å². The predicted molar refractivity (Wildman–Crippen MR) is 63.1 cm³/mol. The lowest BCUT2D eigenvalue weighted by Crippen LogP contribution is -2.22. The molecule has 90 valence electrons. The Morgan fingerprint density at radius 3 is 2.62 bits per heavy atom. The zero-order valence-electron chi connectivity index (χ0n) is 10.2. The second kappa shape index (κ2) is 4.83. The van der Waals surface area contributed by atoms with Crippen molar-refractivity contribution in [3.63, 3.8) is 0 Å². The number of hydrogen-bond acceptors (Lipinski definition) is 3. The molecular formula is C13H20O3. The first-order valence-electron chi connectivity index (χ1n) is 5.63. The highest BCUT2D eigenvalue weighted by Gasteiger charge is 2.30. The lowest BCUT2D eigenvalue weighted by molar-refractivity contribution is -0.117. The van der Waals surface area contributed by atoms with E-state index in [9.17, 15) is 9.90 Å². The van der Waals surface area contributed by atoms with Crippen molar-refractivity contribution in [2.75, 3.05) is 6.61 Å². The first kappa shape index (κ1) is 13.0. The summed E-state index contributed by atoms with van der Waals surface area (Å²) in [6.07, 6.45) is 4.21. The molecule has 3 nitrogen and oxygen atoms in total. The molecule has 0 saturated carbocycles. The van der Waals surface area contributed by atoms with Gasteiger partial charge in [0.25, 0.3) is 0 Å². The van der Waals surface area contributed by atoms with Crippen molar-refractivity contribution in [2.45, 2.75) is 40.0 Å². The molecule has 0 spiro atoms. The Balaban J connectivity index is 3.09. The van der Waals surface area contributed by atoms with E-state index in [2.05, 4.69) is 13.8 Å². The fraction of sp³-hybridized carbons (Fsp3) is 0.615. The van der Waals surface area contributed by atoms with Crippen molar-refractivity contribution in [3.8, 4) is 0 Å². The van der Waals surface area contributed by atoms with Gasteiger partial charge in [0.15, 0.2) is 5.78 Å². The van der Waals surface area contributed by atoms with Gasteiger partial charge in [0, 0.05) is 6.08 Å².